The number of fused-ring (bicyclic) bond motifs is 1. The lowest BCUT2D eigenvalue weighted by Crippen LogP contribution is -1.85. The van der Waals surface area contributed by atoms with E-state index in [4.69, 9.17) is 5.73 Å². The zero-order valence-electron chi connectivity index (χ0n) is 6.36. The lowest BCUT2D eigenvalue weighted by atomic mass is 10.2. The largest absolute Gasteiger partial charge is 0.507 e. The summed E-state index contributed by atoms with van der Waals surface area (Å²) in [5.41, 5.74) is 6.77. The molecule has 3 heteroatoms. The Morgan fingerprint density at radius 3 is 3.00 bits per heavy atom. The van der Waals surface area contributed by atoms with Crippen LogP contribution in [0, 0.1) is 0 Å². The van der Waals surface area contributed by atoms with Gasteiger partial charge in [-0.05, 0) is 18.2 Å². The van der Waals surface area contributed by atoms with Crippen molar-refractivity contribution in [1.29, 1.82) is 0 Å². The van der Waals surface area contributed by atoms with Crippen LogP contribution in [0.1, 0.15) is 0 Å². The predicted molar refractivity (Wildman–Crippen MR) is 47.8 cm³/mol. The fraction of sp³-hybridized carbons (Fsp3) is 0. The second-order valence-electron chi connectivity index (χ2n) is 2.61. The van der Waals surface area contributed by atoms with Crippen LogP contribution in [0.3, 0.4) is 0 Å². The van der Waals surface area contributed by atoms with Gasteiger partial charge in [0.25, 0.3) is 0 Å². The Bertz CT molecular complexity index is 426. The number of hydrogen-bond acceptors (Lipinski definition) is 3. The highest BCUT2D eigenvalue weighted by Gasteiger charge is 1.99. The molecule has 1 heterocycles. The molecule has 0 bridgehead atoms. The Balaban J connectivity index is 2.89. The van der Waals surface area contributed by atoms with E-state index in [9.17, 15) is 5.11 Å². The van der Waals surface area contributed by atoms with Crippen LogP contribution in [0.2, 0.25) is 0 Å². The number of aromatic hydroxyl groups is 1. The minimum atomic E-state index is 0.179. The van der Waals surface area contributed by atoms with Gasteiger partial charge in [0.2, 0.25) is 0 Å². The summed E-state index contributed by atoms with van der Waals surface area (Å²) < 4.78 is 0. The first kappa shape index (κ1) is 6.91. The van der Waals surface area contributed by atoms with Crippen LogP contribution < -0.4 is 5.73 Å². The lowest BCUT2D eigenvalue weighted by molar-refractivity contribution is 0.482. The maximum Gasteiger partial charge on any atom is 0.127 e. The van der Waals surface area contributed by atoms with Crippen molar-refractivity contribution >= 4 is 16.6 Å². The summed E-state index contributed by atoms with van der Waals surface area (Å²) in [6.45, 7) is 0. The van der Waals surface area contributed by atoms with Gasteiger partial charge in [-0.15, -0.1) is 0 Å². The number of benzene rings is 1. The summed E-state index contributed by atoms with van der Waals surface area (Å²) in [5.74, 6) is 0.179. The van der Waals surface area contributed by atoms with E-state index >= 15 is 0 Å². The number of rotatable bonds is 0. The van der Waals surface area contributed by atoms with E-state index in [1.807, 2.05) is 0 Å². The van der Waals surface area contributed by atoms with Gasteiger partial charge in [-0.3, -0.25) is 4.98 Å². The Morgan fingerprint density at radius 2 is 2.17 bits per heavy atom. The summed E-state index contributed by atoms with van der Waals surface area (Å²) in [7, 11) is 0. The third kappa shape index (κ3) is 0.955. The van der Waals surface area contributed by atoms with E-state index in [2.05, 4.69) is 4.98 Å². The van der Waals surface area contributed by atoms with Crippen LogP contribution >= 0.6 is 0 Å². The molecule has 0 saturated carbocycles. The highest BCUT2D eigenvalue weighted by molar-refractivity contribution is 5.87. The van der Waals surface area contributed by atoms with Crippen LogP contribution in [0.25, 0.3) is 10.9 Å². The molecular weight excluding hydrogens is 152 g/mol. The number of anilines is 1. The third-order valence-electron chi connectivity index (χ3n) is 1.72. The molecular formula is C9H8N2O. The first-order valence-electron chi connectivity index (χ1n) is 3.60. The van der Waals surface area contributed by atoms with E-state index in [1.165, 1.54) is 6.07 Å². The van der Waals surface area contributed by atoms with Gasteiger partial charge in [-0.1, -0.05) is 0 Å². The van der Waals surface area contributed by atoms with Gasteiger partial charge < -0.3 is 10.8 Å². The second-order valence-corrected chi connectivity index (χ2v) is 2.61. The first-order valence-corrected chi connectivity index (χ1v) is 3.60. The molecule has 0 aliphatic heterocycles. The SMILES string of the molecule is Nc1cc(O)c2cccnc2c1. The van der Waals surface area contributed by atoms with E-state index in [0.717, 1.165) is 10.9 Å². The maximum atomic E-state index is 9.43. The Hall–Kier alpha value is -1.77. The number of aromatic nitrogens is 1. The van der Waals surface area contributed by atoms with Crippen molar-refractivity contribution in [3.05, 3.63) is 30.5 Å². The topological polar surface area (TPSA) is 59.1 Å². The van der Waals surface area contributed by atoms with E-state index in [1.54, 1.807) is 24.4 Å². The van der Waals surface area contributed by atoms with Crippen molar-refractivity contribution in [1.82, 2.24) is 4.98 Å². The minimum Gasteiger partial charge on any atom is -0.507 e. The third-order valence-corrected chi connectivity index (χ3v) is 1.72. The molecule has 60 valence electrons. The molecule has 2 rings (SSSR count). The highest BCUT2D eigenvalue weighted by Crippen LogP contribution is 2.25. The smallest absolute Gasteiger partial charge is 0.127 e. The van der Waals surface area contributed by atoms with Gasteiger partial charge in [0.15, 0.2) is 0 Å². The summed E-state index contributed by atoms with van der Waals surface area (Å²) in [4.78, 5) is 4.06. The molecule has 2 aromatic rings. The van der Waals surface area contributed by atoms with E-state index < -0.39 is 0 Å². The summed E-state index contributed by atoms with van der Waals surface area (Å²) >= 11 is 0. The number of phenols is 1. The fourth-order valence-electron chi connectivity index (χ4n) is 1.18. The van der Waals surface area contributed by atoms with E-state index in [0.29, 0.717) is 5.69 Å². The Kier molecular flexibility index (Phi) is 1.37. The van der Waals surface area contributed by atoms with Crippen molar-refractivity contribution in [2.45, 2.75) is 0 Å². The normalized spacial score (nSPS) is 10.3. The zero-order chi connectivity index (χ0) is 8.55. The number of nitrogens with two attached hydrogens (primary N) is 1. The highest BCUT2D eigenvalue weighted by atomic mass is 16.3. The molecule has 0 fully saturated rings. The Morgan fingerprint density at radius 1 is 1.33 bits per heavy atom. The molecule has 0 amide bonds. The summed E-state index contributed by atoms with van der Waals surface area (Å²) in [5, 5.41) is 10.2. The van der Waals surface area contributed by atoms with Crippen molar-refractivity contribution in [3.63, 3.8) is 0 Å². The van der Waals surface area contributed by atoms with E-state index in [-0.39, 0.29) is 5.75 Å². The van der Waals surface area contributed by atoms with Crippen LogP contribution in [0.4, 0.5) is 5.69 Å². The summed E-state index contributed by atoms with van der Waals surface area (Å²) in [6, 6.07) is 6.83. The molecule has 0 aliphatic rings. The Labute approximate surface area is 69.5 Å². The predicted octanol–water partition coefficient (Wildman–Crippen LogP) is 1.52. The van der Waals surface area contributed by atoms with Gasteiger partial charge >= 0.3 is 0 Å². The standard InChI is InChI=1S/C9H8N2O/c10-6-4-8-7(9(12)5-6)2-1-3-11-8/h1-5,12H,10H2. The minimum absolute atomic E-state index is 0.179. The molecule has 0 aliphatic carbocycles. The van der Waals surface area contributed by atoms with Crippen molar-refractivity contribution in [3.8, 4) is 5.75 Å². The van der Waals surface area contributed by atoms with Gasteiger partial charge in [-0.25, -0.2) is 0 Å². The van der Waals surface area contributed by atoms with Crippen molar-refractivity contribution in [2.75, 3.05) is 5.73 Å². The van der Waals surface area contributed by atoms with Gasteiger partial charge in [0.05, 0.1) is 5.52 Å². The number of nitrogen functional groups attached to an aromatic ring is 1. The molecule has 0 saturated heterocycles. The number of nitrogens with zero attached hydrogens (tertiary/aromatic N) is 1. The average Bonchev–Trinajstić information content (AvgIpc) is 2.04. The number of phenolic OH excluding ortho intramolecular Hbond substituents is 1. The van der Waals surface area contributed by atoms with Crippen LogP contribution in [-0.4, -0.2) is 10.1 Å². The van der Waals surface area contributed by atoms with Crippen molar-refractivity contribution in [2.24, 2.45) is 0 Å². The van der Waals surface area contributed by atoms with Gasteiger partial charge in [-0.2, -0.15) is 0 Å². The zero-order valence-corrected chi connectivity index (χ0v) is 6.36. The molecule has 3 nitrogen and oxygen atoms in total. The quantitative estimate of drug-likeness (QED) is 0.574. The van der Waals surface area contributed by atoms with Crippen LogP contribution in [-0.2, 0) is 0 Å². The van der Waals surface area contributed by atoms with Gasteiger partial charge in [0, 0.05) is 23.3 Å². The molecule has 3 N–H and O–H groups in total. The van der Waals surface area contributed by atoms with Crippen molar-refractivity contribution < 1.29 is 5.11 Å². The van der Waals surface area contributed by atoms with Crippen LogP contribution in [0.5, 0.6) is 5.75 Å². The number of pyridine rings is 1. The fourth-order valence-corrected chi connectivity index (χ4v) is 1.18. The lowest BCUT2D eigenvalue weighted by Gasteiger charge is -2.00. The molecule has 0 unspecified atom stereocenters. The maximum absolute atomic E-state index is 9.43. The van der Waals surface area contributed by atoms with Gasteiger partial charge in [0.1, 0.15) is 5.75 Å². The van der Waals surface area contributed by atoms with Crippen LogP contribution in [0.15, 0.2) is 30.5 Å². The molecule has 12 heavy (non-hydrogen) atoms. The molecule has 1 aromatic carbocycles. The molecule has 0 radical (unpaired) electrons. The monoisotopic (exact) mass is 160 g/mol. The molecule has 1 aromatic heterocycles. The second kappa shape index (κ2) is 2.37. The number of hydrogen-bond donors (Lipinski definition) is 2. The average molecular weight is 160 g/mol. The molecule has 0 spiro atoms. The first-order chi connectivity index (χ1) is 5.77. The summed E-state index contributed by atoms with van der Waals surface area (Å²) in [6.07, 6.45) is 1.67. The molecule has 0 atom stereocenters.